The number of nitrogens with zero attached hydrogens (tertiary/aromatic N) is 1. The molecule has 1 amide bonds. The van der Waals surface area contributed by atoms with E-state index >= 15 is 0 Å². The Morgan fingerprint density at radius 3 is 2.62 bits per heavy atom. The third-order valence-electron chi connectivity index (χ3n) is 3.79. The number of carbonyl (C=O) groups excluding carboxylic acids is 1. The molecule has 110 valence electrons. The molecule has 4 heteroatoms. The Bertz CT molecular complexity index is 576. The number of amides is 1. The van der Waals surface area contributed by atoms with Gasteiger partial charge in [0.15, 0.2) is 0 Å². The molecule has 0 spiro atoms. The predicted molar refractivity (Wildman–Crippen MR) is 80.4 cm³/mol. The lowest BCUT2D eigenvalue weighted by molar-refractivity contribution is -0.134. The van der Waals surface area contributed by atoms with E-state index in [0.717, 1.165) is 24.2 Å². The second kappa shape index (κ2) is 6.14. The van der Waals surface area contributed by atoms with Gasteiger partial charge in [0.1, 0.15) is 5.76 Å². The highest BCUT2D eigenvalue weighted by atomic mass is 16.3. The van der Waals surface area contributed by atoms with Crippen LogP contribution in [0.2, 0.25) is 0 Å². The van der Waals surface area contributed by atoms with E-state index in [-0.39, 0.29) is 5.91 Å². The lowest BCUT2D eigenvalue weighted by atomic mass is 10.1. The van der Waals surface area contributed by atoms with Crippen LogP contribution in [0.1, 0.15) is 24.2 Å². The van der Waals surface area contributed by atoms with Gasteiger partial charge in [-0.1, -0.05) is 30.3 Å². The Morgan fingerprint density at radius 2 is 2.00 bits per heavy atom. The highest BCUT2D eigenvalue weighted by molar-refractivity contribution is 5.82. The maximum atomic E-state index is 12.6. The largest absolute Gasteiger partial charge is 0.467 e. The zero-order chi connectivity index (χ0) is 14.7. The monoisotopic (exact) mass is 284 g/mol. The minimum absolute atomic E-state index is 0.0118. The zero-order valence-corrected chi connectivity index (χ0v) is 11.9. The van der Waals surface area contributed by atoms with Gasteiger partial charge in [-0.05, 0) is 37.0 Å². The average Bonchev–Trinajstić information content (AvgIpc) is 3.21. The van der Waals surface area contributed by atoms with Crippen LogP contribution in [0.5, 0.6) is 0 Å². The van der Waals surface area contributed by atoms with Crippen molar-refractivity contribution in [2.45, 2.75) is 37.9 Å². The molecule has 4 nitrogen and oxygen atoms in total. The molecule has 0 aliphatic heterocycles. The SMILES string of the molecule is N[C@@H](Cc1ccccc1)C(=O)N(Cc1ccco1)C1CC1. The minimum atomic E-state index is -0.497. The number of hydrogen-bond donors (Lipinski definition) is 1. The molecule has 0 radical (unpaired) electrons. The van der Waals surface area contributed by atoms with Crippen molar-refractivity contribution in [3.8, 4) is 0 Å². The summed E-state index contributed by atoms with van der Waals surface area (Å²) in [4.78, 5) is 14.5. The van der Waals surface area contributed by atoms with Crippen molar-refractivity contribution in [3.05, 3.63) is 60.1 Å². The molecule has 0 bridgehead atoms. The fraction of sp³-hybridized carbons (Fsp3) is 0.353. The molecule has 1 aromatic carbocycles. The van der Waals surface area contributed by atoms with E-state index in [2.05, 4.69) is 0 Å². The van der Waals surface area contributed by atoms with Gasteiger partial charge < -0.3 is 15.1 Å². The van der Waals surface area contributed by atoms with Crippen LogP contribution in [-0.4, -0.2) is 22.9 Å². The summed E-state index contributed by atoms with van der Waals surface area (Å²) in [6.07, 6.45) is 4.32. The summed E-state index contributed by atoms with van der Waals surface area (Å²) in [6.45, 7) is 0.513. The zero-order valence-electron chi connectivity index (χ0n) is 11.9. The van der Waals surface area contributed by atoms with E-state index in [0.29, 0.717) is 19.0 Å². The molecule has 1 fully saturated rings. The summed E-state index contributed by atoms with van der Waals surface area (Å²) in [5.41, 5.74) is 7.21. The molecule has 21 heavy (non-hydrogen) atoms. The third-order valence-corrected chi connectivity index (χ3v) is 3.79. The first-order chi connectivity index (χ1) is 10.2. The summed E-state index contributed by atoms with van der Waals surface area (Å²) in [7, 11) is 0. The number of rotatable bonds is 6. The predicted octanol–water partition coefficient (Wildman–Crippen LogP) is 2.34. The summed E-state index contributed by atoms with van der Waals surface area (Å²) in [5, 5.41) is 0. The lowest BCUT2D eigenvalue weighted by Crippen LogP contribution is -2.45. The summed E-state index contributed by atoms with van der Waals surface area (Å²) >= 11 is 0. The highest BCUT2D eigenvalue weighted by Gasteiger charge is 2.35. The molecule has 1 aliphatic carbocycles. The number of furan rings is 1. The average molecular weight is 284 g/mol. The van der Waals surface area contributed by atoms with E-state index in [1.807, 2.05) is 47.4 Å². The molecule has 1 saturated carbocycles. The molecule has 2 N–H and O–H groups in total. The standard InChI is InChI=1S/C17H20N2O2/c18-16(11-13-5-2-1-3-6-13)17(20)19(14-8-9-14)12-15-7-4-10-21-15/h1-7,10,14,16H,8-9,11-12,18H2/t16-/m0/s1. The van der Waals surface area contributed by atoms with E-state index in [1.165, 1.54) is 0 Å². The van der Waals surface area contributed by atoms with Crippen molar-refractivity contribution < 1.29 is 9.21 Å². The van der Waals surface area contributed by atoms with Gasteiger partial charge in [-0.3, -0.25) is 4.79 Å². The Morgan fingerprint density at radius 1 is 1.24 bits per heavy atom. The molecule has 1 heterocycles. The maximum Gasteiger partial charge on any atom is 0.240 e. The fourth-order valence-corrected chi connectivity index (χ4v) is 2.51. The smallest absolute Gasteiger partial charge is 0.240 e. The molecule has 0 unspecified atom stereocenters. The molecule has 2 aromatic rings. The first kappa shape index (κ1) is 13.9. The first-order valence-corrected chi connectivity index (χ1v) is 7.36. The van der Waals surface area contributed by atoms with E-state index < -0.39 is 6.04 Å². The highest BCUT2D eigenvalue weighted by Crippen LogP contribution is 2.29. The summed E-state index contributed by atoms with van der Waals surface area (Å²) in [5.74, 6) is 0.819. The van der Waals surface area contributed by atoms with Crippen LogP contribution in [0, 0.1) is 0 Å². The van der Waals surface area contributed by atoms with E-state index in [1.54, 1.807) is 6.26 Å². The van der Waals surface area contributed by atoms with Gasteiger partial charge in [0, 0.05) is 6.04 Å². The molecular weight excluding hydrogens is 264 g/mol. The Labute approximate surface area is 124 Å². The van der Waals surface area contributed by atoms with Gasteiger partial charge in [-0.15, -0.1) is 0 Å². The van der Waals surface area contributed by atoms with Gasteiger partial charge in [-0.25, -0.2) is 0 Å². The van der Waals surface area contributed by atoms with Crippen LogP contribution < -0.4 is 5.73 Å². The van der Waals surface area contributed by atoms with Gasteiger partial charge in [0.05, 0.1) is 18.8 Å². The van der Waals surface area contributed by atoms with E-state index in [4.69, 9.17) is 10.2 Å². The van der Waals surface area contributed by atoms with Crippen LogP contribution in [0.25, 0.3) is 0 Å². The van der Waals surface area contributed by atoms with Crippen molar-refractivity contribution in [2.24, 2.45) is 5.73 Å². The quantitative estimate of drug-likeness (QED) is 0.885. The van der Waals surface area contributed by atoms with Crippen LogP contribution >= 0.6 is 0 Å². The second-order valence-electron chi connectivity index (χ2n) is 5.57. The van der Waals surface area contributed by atoms with Crippen LogP contribution in [0.4, 0.5) is 0 Å². The number of carbonyl (C=O) groups is 1. The topological polar surface area (TPSA) is 59.5 Å². The number of nitrogens with two attached hydrogens (primary N) is 1. The summed E-state index contributed by atoms with van der Waals surface area (Å²) < 4.78 is 5.36. The molecule has 0 saturated heterocycles. The second-order valence-corrected chi connectivity index (χ2v) is 5.57. The summed E-state index contributed by atoms with van der Waals surface area (Å²) in [6, 6.07) is 13.5. The van der Waals surface area contributed by atoms with Crippen molar-refractivity contribution in [3.63, 3.8) is 0 Å². The lowest BCUT2D eigenvalue weighted by Gasteiger charge is -2.25. The Balaban J connectivity index is 1.66. The molecular formula is C17H20N2O2. The molecule has 3 rings (SSSR count). The van der Waals surface area contributed by atoms with Gasteiger partial charge >= 0.3 is 0 Å². The number of hydrogen-bond acceptors (Lipinski definition) is 3. The molecule has 1 atom stereocenters. The van der Waals surface area contributed by atoms with Gasteiger partial charge in [0.2, 0.25) is 5.91 Å². The normalized spacial score (nSPS) is 15.7. The Hall–Kier alpha value is -2.07. The van der Waals surface area contributed by atoms with Crippen molar-refractivity contribution >= 4 is 5.91 Å². The van der Waals surface area contributed by atoms with Crippen molar-refractivity contribution in [1.29, 1.82) is 0 Å². The molecule has 1 aromatic heterocycles. The Kier molecular flexibility index (Phi) is 4.06. The van der Waals surface area contributed by atoms with Crippen LogP contribution in [0.15, 0.2) is 53.1 Å². The first-order valence-electron chi connectivity index (χ1n) is 7.36. The third kappa shape index (κ3) is 3.52. The fourth-order valence-electron chi connectivity index (χ4n) is 2.51. The van der Waals surface area contributed by atoms with Gasteiger partial charge in [0.25, 0.3) is 0 Å². The van der Waals surface area contributed by atoms with Crippen LogP contribution in [-0.2, 0) is 17.8 Å². The maximum absolute atomic E-state index is 12.6. The van der Waals surface area contributed by atoms with Gasteiger partial charge in [-0.2, -0.15) is 0 Å². The number of benzene rings is 1. The van der Waals surface area contributed by atoms with Crippen molar-refractivity contribution in [1.82, 2.24) is 4.90 Å². The van der Waals surface area contributed by atoms with E-state index in [9.17, 15) is 4.79 Å². The minimum Gasteiger partial charge on any atom is -0.467 e. The molecule has 1 aliphatic rings. The van der Waals surface area contributed by atoms with Crippen LogP contribution in [0.3, 0.4) is 0 Å². The van der Waals surface area contributed by atoms with Crippen molar-refractivity contribution in [2.75, 3.05) is 0 Å².